The maximum absolute atomic E-state index is 13.7. The van der Waals surface area contributed by atoms with Gasteiger partial charge in [-0.1, -0.05) is 44.4 Å². The van der Waals surface area contributed by atoms with E-state index >= 15 is 0 Å². The van der Waals surface area contributed by atoms with Gasteiger partial charge >= 0.3 is 5.97 Å². The van der Waals surface area contributed by atoms with Gasteiger partial charge in [-0.2, -0.15) is 0 Å². The van der Waals surface area contributed by atoms with E-state index in [0.29, 0.717) is 34.6 Å². The van der Waals surface area contributed by atoms with Crippen LogP contribution in [-0.4, -0.2) is 38.3 Å². The monoisotopic (exact) mass is 440 g/mol. The molecular formula is C25H28O5S. The van der Waals surface area contributed by atoms with Gasteiger partial charge in [-0.3, -0.25) is 9.59 Å². The van der Waals surface area contributed by atoms with Crippen LogP contribution in [0.25, 0.3) is 0 Å². The summed E-state index contributed by atoms with van der Waals surface area (Å²) in [5, 5.41) is 0. The second-order valence-electron chi connectivity index (χ2n) is 6.63. The Morgan fingerprint density at radius 2 is 1.81 bits per heavy atom. The summed E-state index contributed by atoms with van der Waals surface area (Å²) < 4.78 is 16.6. The number of ether oxygens (including phenoxy) is 3. The van der Waals surface area contributed by atoms with Crippen molar-refractivity contribution in [2.45, 2.75) is 24.2 Å². The van der Waals surface area contributed by atoms with Crippen molar-refractivity contribution in [3.05, 3.63) is 78.4 Å². The van der Waals surface area contributed by atoms with Crippen LogP contribution in [0, 0.1) is 0 Å². The number of ketones is 1. The number of hydrogen-bond donors (Lipinski definition) is 0. The largest absolute Gasteiger partial charge is 0.489 e. The van der Waals surface area contributed by atoms with Gasteiger partial charge in [-0.05, 0) is 36.4 Å². The zero-order chi connectivity index (χ0) is 22.8. The van der Waals surface area contributed by atoms with Crippen LogP contribution in [0.4, 0.5) is 0 Å². The number of esters is 1. The molecule has 0 saturated heterocycles. The second-order valence-corrected chi connectivity index (χ2v) is 7.51. The summed E-state index contributed by atoms with van der Waals surface area (Å²) >= 11 is 1.55. The highest BCUT2D eigenvalue weighted by atomic mass is 32.2. The summed E-state index contributed by atoms with van der Waals surface area (Å²) in [6.07, 6.45) is 5.61. The Hall–Kier alpha value is -2.99. The third kappa shape index (κ3) is 6.01. The molecule has 0 fully saturated rings. The summed E-state index contributed by atoms with van der Waals surface area (Å²) in [6.45, 7) is 9.69. The number of thioether (sulfide) groups is 1. The van der Waals surface area contributed by atoms with Crippen LogP contribution >= 0.6 is 11.8 Å². The predicted molar refractivity (Wildman–Crippen MR) is 125 cm³/mol. The van der Waals surface area contributed by atoms with E-state index in [1.807, 2.05) is 31.4 Å². The molecule has 2 aromatic carbocycles. The molecule has 0 saturated carbocycles. The smallest absolute Gasteiger partial charge is 0.313 e. The van der Waals surface area contributed by atoms with Crippen molar-refractivity contribution in [3.8, 4) is 11.5 Å². The zero-order valence-electron chi connectivity index (χ0n) is 18.2. The van der Waals surface area contributed by atoms with E-state index in [2.05, 4.69) is 13.2 Å². The lowest BCUT2D eigenvalue weighted by Gasteiger charge is -2.21. The number of methoxy groups -OCH3 is 1. The van der Waals surface area contributed by atoms with Crippen LogP contribution in [-0.2, 0) is 9.53 Å². The van der Waals surface area contributed by atoms with Crippen molar-refractivity contribution >= 4 is 23.5 Å². The van der Waals surface area contributed by atoms with Crippen molar-refractivity contribution in [1.82, 2.24) is 0 Å². The van der Waals surface area contributed by atoms with Crippen LogP contribution in [0.2, 0.25) is 0 Å². The minimum absolute atomic E-state index is 0.199. The fourth-order valence-corrected chi connectivity index (χ4v) is 3.65. The first kappa shape index (κ1) is 24.3. The number of rotatable bonds is 12. The van der Waals surface area contributed by atoms with E-state index in [4.69, 9.17) is 14.2 Å². The summed E-state index contributed by atoms with van der Waals surface area (Å²) in [7, 11) is 1.33. The first-order chi connectivity index (χ1) is 15.0. The fourth-order valence-electron chi connectivity index (χ4n) is 3.19. The van der Waals surface area contributed by atoms with Crippen LogP contribution in [0.15, 0.2) is 66.6 Å². The van der Waals surface area contributed by atoms with Crippen molar-refractivity contribution < 1.29 is 23.8 Å². The van der Waals surface area contributed by atoms with E-state index in [1.165, 1.54) is 7.11 Å². The lowest BCUT2D eigenvalue weighted by atomic mass is 9.87. The summed E-state index contributed by atoms with van der Waals surface area (Å²) in [6, 6.07) is 10.7. The molecule has 0 amide bonds. The highest BCUT2D eigenvalue weighted by Gasteiger charge is 2.29. The molecule has 0 N–H and O–H groups in total. The van der Waals surface area contributed by atoms with E-state index < -0.39 is 11.9 Å². The van der Waals surface area contributed by atoms with E-state index in [-0.39, 0.29) is 19.0 Å². The Kier molecular flexibility index (Phi) is 9.40. The summed E-state index contributed by atoms with van der Waals surface area (Å²) in [4.78, 5) is 27.2. The topological polar surface area (TPSA) is 61.8 Å². The standard InChI is InChI=1S/C25H28O5S/c1-6-12-29-18-15-21(20(8-3)25(27)28-4)23(22(16-18)30-13-7-2)24(26)17-10-9-11-19(14-17)31-5/h6-7,9-11,14-16,20H,1-2,8,12-13H2,3-5H3. The van der Waals surface area contributed by atoms with Gasteiger partial charge in [-0.15, -0.1) is 11.8 Å². The molecule has 164 valence electrons. The SMILES string of the molecule is C=CCOc1cc(OCC=C)c(C(=O)c2cccc(SC)c2)c(C(CC)C(=O)OC)c1. The molecule has 1 unspecified atom stereocenters. The fraction of sp³-hybridized carbons (Fsp3) is 0.280. The number of hydrogen-bond acceptors (Lipinski definition) is 6. The molecule has 0 heterocycles. The number of benzene rings is 2. The van der Waals surface area contributed by atoms with Crippen molar-refractivity contribution in [1.29, 1.82) is 0 Å². The third-order valence-corrected chi connectivity index (χ3v) is 5.38. The Labute approximate surface area is 188 Å². The average molecular weight is 441 g/mol. The maximum atomic E-state index is 13.7. The van der Waals surface area contributed by atoms with Gasteiger partial charge < -0.3 is 14.2 Å². The Bertz CT molecular complexity index is 951. The highest BCUT2D eigenvalue weighted by molar-refractivity contribution is 7.98. The molecule has 0 aromatic heterocycles. The van der Waals surface area contributed by atoms with E-state index in [1.54, 1.807) is 42.1 Å². The molecule has 2 rings (SSSR count). The first-order valence-electron chi connectivity index (χ1n) is 9.92. The minimum atomic E-state index is -0.647. The van der Waals surface area contributed by atoms with Crippen LogP contribution < -0.4 is 9.47 Å². The van der Waals surface area contributed by atoms with Crippen molar-refractivity contribution in [2.75, 3.05) is 26.6 Å². The Balaban J connectivity index is 2.75. The molecule has 31 heavy (non-hydrogen) atoms. The lowest BCUT2D eigenvalue weighted by molar-refractivity contribution is -0.142. The summed E-state index contributed by atoms with van der Waals surface area (Å²) in [5.41, 5.74) is 1.34. The molecule has 6 heteroatoms. The lowest BCUT2D eigenvalue weighted by Crippen LogP contribution is -2.19. The second kappa shape index (κ2) is 12.0. The number of carbonyl (C=O) groups is 2. The maximum Gasteiger partial charge on any atom is 0.313 e. The molecule has 5 nitrogen and oxygen atoms in total. The molecule has 0 aliphatic heterocycles. The first-order valence-corrected chi connectivity index (χ1v) is 11.1. The van der Waals surface area contributed by atoms with Gasteiger partial charge in [0, 0.05) is 16.5 Å². The van der Waals surface area contributed by atoms with E-state index in [0.717, 1.165) is 4.90 Å². The molecule has 0 radical (unpaired) electrons. The molecule has 0 aliphatic carbocycles. The number of carbonyl (C=O) groups excluding carboxylic acids is 2. The molecule has 0 bridgehead atoms. The minimum Gasteiger partial charge on any atom is -0.489 e. The van der Waals surface area contributed by atoms with Crippen molar-refractivity contribution in [2.24, 2.45) is 0 Å². The van der Waals surface area contributed by atoms with Crippen LogP contribution in [0.5, 0.6) is 11.5 Å². The van der Waals surface area contributed by atoms with Crippen LogP contribution in [0.3, 0.4) is 0 Å². The Morgan fingerprint density at radius 3 is 2.42 bits per heavy atom. The van der Waals surface area contributed by atoms with Gasteiger partial charge in [0.1, 0.15) is 24.7 Å². The molecule has 0 aliphatic rings. The van der Waals surface area contributed by atoms with Gasteiger partial charge in [0.25, 0.3) is 0 Å². The van der Waals surface area contributed by atoms with Gasteiger partial charge in [0.15, 0.2) is 5.78 Å². The van der Waals surface area contributed by atoms with Crippen molar-refractivity contribution in [3.63, 3.8) is 0 Å². The average Bonchev–Trinajstić information content (AvgIpc) is 2.81. The molecule has 2 aromatic rings. The third-order valence-electron chi connectivity index (χ3n) is 4.66. The van der Waals surface area contributed by atoms with Gasteiger partial charge in [0.05, 0.1) is 18.6 Å². The highest BCUT2D eigenvalue weighted by Crippen LogP contribution is 2.37. The molecular weight excluding hydrogens is 412 g/mol. The normalized spacial score (nSPS) is 11.3. The molecule has 1 atom stereocenters. The van der Waals surface area contributed by atoms with Gasteiger partial charge in [-0.25, -0.2) is 0 Å². The van der Waals surface area contributed by atoms with Crippen LogP contribution in [0.1, 0.15) is 40.7 Å². The van der Waals surface area contributed by atoms with E-state index in [9.17, 15) is 9.59 Å². The predicted octanol–water partition coefficient (Wildman–Crippen LogP) is 5.44. The summed E-state index contributed by atoms with van der Waals surface area (Å²) in [5.74, 6) is -0.498. The Morgan fingerprint density at radius 1 is 1.10 bits per heavy atom. The van der Waals surface area contributed by atoms with Gasteiger partial charge in [0.2, 0.25) is 0 Å². The zero-order valence-corrected chi connectivity index (χ0v) is 19.0. The quantitative estimate of drug-likeness (QED) is 0.190. The molecule has 0 spiro atoms.